The Hall–Kier alpha value is -3.06. The highest BCUT2D eigenvalue weighted by molar-refractivity contribution is 5.96. The molecule has 0 saturated heterocycles. The van der Waals surface area contributed by atoms with E-state index in [9.17, 15) is 4.79 Å². The van der Waals surface area contributed by atoms with Crippen LogP contribution in [0.2, 0.25) is 0 Å². The lowest BCUT2D eigenvalue weighted by Gasteiger charge is -2.05. The molecule has 0 aliphatic heterocycles. The van der Waals surface area contributed by atoms with E-state index in [1.807, 2.05) is 31.3 Å². The van der Waals surface area contributed by atoms with Gasteiger partial charge in [0.1, 0.15) is 0 Å². The monoisotopic (exact) mass is 289 g/mol. The first-order valence-corrected chi connectivity index (χ1v) is 7.03. The Labute approximate surface area is 128 Å². The number of fused-ring (bicyclic) bond motifs is 1. The Balaban J connectivity index is 1.77. The van der Waals surface area contributed by atoms with Gasteiger partial charge in [0, 0.05) is 22.8 Å². The van der Waals surface area contributed by atoms with Crippen LogP contribution < -0.4 is 5.32 Å². The highest BCUT2D eigenvalue weighted by Gasteiger charge is 2.10. The molecule has 0 fully saturated rings. The summed E-state index contributed by atoms with van der Waals surface area (Å²) in [6, 6.07) is 14.9. The fourth-order valence-corrected chi connectivity index (χ4v) is 2.60. The molecule has 2 aromatic carbocycles. The Morgan fingerprint density at radius 1 is 1.23 bits per heavy atom. The van der Waals surface area contributed by atoms with Crippen LogP contribution in [0.5, 0.6) is 0 Å². The van der Waals surface area contributed by atoms with Crippen molar-refractivity contribution >= 4 is 22.5 Å². The van der Waals surface area contributed by atoms with Gasteiger partial charge < -0.3 is 10.3 Å². The zero-order valence-corrected chi connectivity index (χ0v) is 12.2. The summed E-state index contributed by atoms with van der Waals surface area (Å²) in [4.78, 5) is 15.4. The van der Waals surface area contributed by atoms with E-state index < -0.39 is 0 Å². The van der Waals surface area contributed by atoms with Gasteiger partial charge in [-0.1, -0.05) is 12.1 Å². The van der Waals surface area contributed by atoms with E-state index >= 15 is 0 Å². The van der Waals surface area contributed by atoms with Gasteiger partial charge in [0.05, 0.1) is 18.1 Å². The van der Waals surface area contributed by atoms with Gasteiger partial charge in [-0.2, -0.15) is 5.26 Å². The van der Waals surface area contributed by atoms with Crippen LogP contribution in [0.25, 0.3) is 10.9 Å². The van der Waals surface area contributed by atoms with Crippen molar-refractivity contribution in [2.75, 3.05) is 5.32 Å². The van der Waals surface area contributed by atoms with Crippen molar-refractivity contribution in [1.82, 2.24) is 4.98 Å². The lowest BCUT2D eigenvalue weighted by molar-refractivity contribution is -0.115. The predicted octanol–water partition coefficient (Wildman–Crippen LogP) is 3.53. The second-order valence-corrected chi connectivity index (χ2v) is 5.23. The summed E-state index contributed by atoms with van der Waals surface area (Å²) < 4.78 is 0. The van der Waals surface area contributed by atoms with Gasteiger partial charge >= 0.3 is 0 Å². The Bertz CT molecular complexity index is 869. The van der Waals surface area contributed by atoms with Crippen LogP contribution in [-0.2, 0) is 11.2 Å². The first kappa shape index (κ1) is 13.9. The lowest BCUT2D eigenvalue weighted by Crippen LogP contribution is -2.14. The van der Waals surface area contributed by atoms with E-state index in [1.54, 1.807) is 24.3 Å². The third-order valence-corrected chi connectivity index (χ3v) is 3.64. The van der Waals surface area contributed by atoms with Crippen LogP contribution >= 0.6 is 0 Å². The van der Waals surface area contributed by atoms with E-state index in [0.29, 0.717) is 17.7 Å². The minimum atomic E-state index is -0.0751. The molecule has 0 atom stereocenters. The summed E-state index contributed by atoms with van der Waals surface area (Å²) in [6.45, 7) is 2.04. The molecule has 3 rings (SSSR count). The molecule has 2 N–H and O–H groups in total. The van der Waals surface area contributed by atoms with Crippen LogP contribution in [0.15, 0.2) is 48.7 Å². The number of amides is 1. The molecule has 1 amide bonds. The van der Waals surface area contributed by atoms with Crippen LogP contribution in [0.1, 0.15) is 16.7 Å². The third kappa shape index (κ3) is 2.70. The number of nitrogens with one attached hydrogen (secondary N) is 2. The average Bonchev–Trinajstić information content (AvgIpc) is 2.92. The van der Waals surface area contributed by atoms with Gasteiger partial charge in [0.25, 0.3) is 0 Å². The van der Waals surface area contributed by atoms with Crippen LogP contribution in [0, 0.1) is 18.3 Å². The van der Waals surface area contributed by atoms with Crippen LogP contribution in [-0.4, -0.2) is 10.9 Å². The number of aromatic amines is 1. The molecule has 0 spiro atoms. The normalized spacial score (nSPS) is 10.4. The molecule has 0 unspecified atom stereocenters. The summed E-state index contributed by atoms with van der Waals surface area (Å²) in [7, 11) is 0. The average molecular weight is 289 g/mol. The van der Waals surface area contributed by atoms with Crippen molar-refractivity contribution in [2.45, 2.75) is 13.3 Å². The number of hydrogen-bond donors (Lipinski definition) is 2. The quantitative estimate of drug-likeness (QED) is 0.774. The maximum Gasteiger partial charge on any atom is 0.228 e. The number of rotatable bonds is 3. The number of anilines is 1. The molecule has 0 aliphatic rings. The second kappa shape index (κ2) is 5.74. The van der Waals surface area contributed by atoms with Gasteiger partial charge in [-0.25, -0.2) is 0 Å². The maximum absolute atomic E-state index is 12.2. The van der Waals surface area contributed by atoms with Crippen molar-refractivity contribution in [3.8, 4) is 6.07 Å². The summed E-state index contributed by atoms with van der Waals surface area (Å²) >= 11 is 0. The molecule has 0 aliphatic carbocycles. The number of H-pyrrole nitrogens is 1. The standard InChI is InChI=1S/C18H15N3O/c1-12-3-2-4-16-18(12)14(11-20-16)9-17(22)21-15-7-5-13(10-19)6-8-15/h2-8,11,20H,9H2,1H3,(H,21,22). The molecular weight excluding hydrogens is 274 g/mol. The number of aromatic nitrogens is 1. The highest BCUT2D eigenvalue weighted by atomic mass is 16.1. The molecule has 22 heavy (non-hydrogen) atoms. The van der Waals surface area contributed by atoms with Crippen LogP contribution in [0.4, 0.5) is 5.69 Å². The van der Waals surface area contributed by atoms with E-state index in [4.69, 9.17) is 5.26 Å². The second-order valence-electron chi connectivity index (χ2n) is 5.23. The number of carbonyl (C=O) groups excluding carboxylic acids is 1. The largest absolute Gasteiger partial charge is 0.361 e. The number of aryl methyl sites for hydroxylation is 1. The topological polar surface area (TPSA) is 68.7 Å². The summed E-state index contributed by atoms with van der Waals surface area (Å²) in [5, 5.41) is 12.7. The zero-order valence-electron chi connectivity index (χ0n) is 12.2. The minimum Gasteiger partial charge on any atom is -0.361 e. The molecule has 0 radical (unpaired) electrons. The number of nitrogens with zero attached hydrogens (tertiary/aromatic N) is 1. The highest BCUT2D eigenvalue weighted by Crippen LogP contribution is 2.22. The molecule has 1 aromatic heterocycles. The number of hydrogen-bond acceptors (Lipinski definition) is 2. The molecule has 4 heteroatoms. The Morgan fingerprint density at radius 2 is 2.00 bits per heavy atom. The molecule has 108 valence electrons. The van der Waals surface area contributed by atoms with Gasteiger partial charge in [0.15, 0.2) is 0 Å². The van der Waals surface area contributed by atoms with E-state index in [-0.39, 0.29) is 5.91 Å². The van der Waals surface area contributed by atoms with E-state index in [2.05, 4.69) is 16.4 Å². The SMILES string of the molecule is Cc1cccc2[nH]cc(CC(=O)Nc3ccc(C#N)cc3)c12. The van der Waals surface area contributed by atoms with Crippen molar-refractivity contribution in [3.05, 3.63) is 65.4 Å². The summed E-state index contributed by atoms with van der Waals surface area (Å²) in [5.74, 6) is -0.0751. The smallest absolute Gasteiger partial charge is 0.228 e. The molecule has 0 bridgehead atoms. The van der Waals surface area contributed by atoms with Crippen molar-refractivity contribution in [2.24, 2.45) is 0 Å². The first-order valence-electron chi connectivity index (χ1n) is 7.03. The first-order chi connectivity index (χ1) is 10.7. The molecule has 4 nitrogen and oxygen atoms in total. The minimum absolute atomic E-state index is 0.0751. The number of benzene rings is 2. The van der Waals surface area contributed by atoms with Gasteiger partial charge in [-0.15, -0.1) is 0 Å². The fraction of sp³-hybridized carbons (Fsp3) is 0.111. The summed E-state index contributed by atoms with van der Waals surface area (Å²) in [5.41, 5.74) is 4.45. The number of carbonyl (C=O) groups is 1. The van der Waals surface area contributed by atoms with Gasteiger partial charge in [-0.3, -0.25) is 4.79 Å². The predicted molar refractivity (Wildman–Crippen MR) is 86.5 cm³/mol. The Kier molecular flexibility index (Phi) is 3.63. The van der Waals surface area contributed by atoms with Gasteiger partial charge in [0.2, 0.25) is 5.91 Å². The third-order valence-electron chi connectivity index (χ3n) is 3.64. The van der Waals surface area contributed by atoms with Crippen molar-refractivity contribution in [1.29, 1.82) is 5.26 Å². The summed E-state index contributed by atoms with van der Waals surface area (Å²) in [6.07, 6.45) is 2.20. The van der Waals surface area contributed by atoms with Crippen LogP contribution in [0.3, 0.4) is 0 Å². The number of nitriles is 1. The molecule has 0 saturated carbocycles. The zero-order chi connectivity index (χ0) is 15.5. The van der Waals surface area contributed by atoms with Crippen molar-refractivity contribution < 1.29 is 4.79 Å². The van der Waals surface area contributed by atoms with Gasteiger partial charge in [-0.05, 0) is 48.4 Å². The fourth-order valence-electron chi connectivity index (χ4n) is 2.60. The Morgan fingerprint density at radius 3 is 2.73 bits per heavy atom. The van der Waals surface area contributed by atoms with E-state index in [0.717, 1.165) is 22.0 Å². The van der Waals surface area contributed by atoms with Crippen molar-refractivity contribution in [3.63, 3.8) is 0 Å². The van der Waals surface area contributed by atoms with E-state index in [1.165, 1.54) is 0 Å². The molecule has 3 aromatic rings. The maximum atomic E-state index is 12.2. The molecule has 1 heterocycles. The lowest BCUT2D eigenvalue weighted by atomic mass is 10.1. The molecular formula is C18H15N3O.